The maximum atomic E-state index is 5.72. The molecule has 5 rings (SSSR count). The highest BCUT2D eigenvalue weighted by molar-refractivity contribution is 5.58. The van der Waals surface area contributed by atoms with Gasteiger partial charge >= 0.3 is 0 Å². The van der Waals surface area contributed by atoms with Crippen LogP contribution in [-0.2, 0) is 0 Å². The second kappa shape index (κ2) is 8.58. The zero-order valence-electron chi connectivity index (χ0n) is 17.8. The molecule has 1 aliphatic heterocycles. The van der Waals surface area contributed by atoms with E-state index < -0.39 is 0 Å². The van der Waals surface area contributed by atoms with Crippen LogP contribution in [0.4, 0.5) is 17.6 Å². The molecule has 1 fully saturated rings. The summed E-state index contributed by atoms with van der Waals surface area (Å²) < 4.78 is 11.1. The molecule has 0 amide bonds. The van der Waals surface area contributed by atoms with Crippen molar-refractivity contribution in [2.45, 2.75) is 25.8 Å². The predicted molar refractivity (Wildman–Crippen MR) is 118 cm³/mol. The van der Waals surface area contributed by atoms with E-state index in [2.05, 4.69) is 35.3 Å². The summed E-state index contributed by atoms with van der Waals surface area (Å²) >= 11 is 0. The number of hydrogen-bond donors (Lipinski definition) is 1. The van der Waals surface area contributed by atoms with Crippen molar-refractivity contribution in [1.29, 1.82) is 0 Å². The Labute approximate surface area is 184 Å². The Kier molecular flexibility index (Phi) is 5.32. The van der Waals surface area contributed by atoms with Crippen molar-refractivity contribution in [2.24, 2.45) is 0 Å². The molecule has 162 valence electrons. The van der Waals surface area contributed by atoms with Crippen molar-refractivity contribution in [3.05, 3.63) is 60.4 Å². The number of anilines is 3. The highest BCUT2D eigenvalue weighted by Crippen LogP contribution is 2.37. The summed E-state index contributed by atoms with van der Waals surface area (Å²) in [6.45, 7) is 2.69. The number of hydrogen-bond acceptors (Lipinski definition) is 10. The van der Waals surface area contributed by atoms with Gasteiger partial charge in [-0.3, -0.25) is 9.97 Å². The summed E-state index contributed by atoms with van der Waals surface area (Å²) in [6, 6.07) is 9.27. The number of methoxy groups -OCH3 is 1. The van der Waals surface area contributed by atoms with Gasteiger partial charge in [-0.05, 0) is 31.9 Å². The van der Waals surface area contributed by atoms with Crippen molar-refractivity contribution in [2.75, 3.05) is 23.9 Å². The van der Waals surface area contributed by atoms with Gasteiger partial charge in [0.05, 0.1) is 18.8 Å². The molecule has 0 unspecified atom stereocenters. The monoisotopic (exact) mass is 430 g/mol. The molecule has 10 heteroatoms. The molecule has 1 saturated heterocycles. The molecule has 0 aromatic carbocycles. The highest BCUT2D eigenvalue weighted by Gasteiger charge is 2.32. The van der Waals surface area contributed by atoms with E-state index in [1.165, 1.54) is 0 Å². The maximum absolute atomic E-state index is 5.72. The van der Waals surface area contributed by atoms with E-state index in [1.54, 1.807) is 31.8 Å². The van der Waals surface area contributed by atoms with E-state index in [0.29, 0.717) is 34.9 Å². The minimum Gasteiger partial charge on any atom is -0.481 e. The van der Waals surface area contributed by atoms with Crippen LogP contribution in [0.1, 0.15) is 30.3 Å². The number of aromatic nitrogens is 6. The topological polar surface area (TPSA) is 115 Å². The molecule has 32 heavy (non-hydrogen) atoms. The second-order valence-electron chi connectivity index (χ2n) is 7.39. The van der Waals surface area contributed by atoms with Crippen LogP contribution in [0.5, 0.6) is 5.88 Å². The third kappa shape index (κ3) is 3.94. The van der Waals surface area contributed by atoms with Crippen molar-refractivity contribution in [3.63, 3.8) is 0 Å². The summed E-state index contributed by atoms with van der Waals surface area (Å²) in [6.07, 6.45) is 6.92. The maximum Gasteiger partial charge on any atom is 0.231 e. The first-order valence-corrected chi connectivity index (χ1v) is 10.3. The first-order chi connectivity index (χ1) is 15.7. The minimum atomic E-state index is -0.0389. The second-order valence-corrected chi connectivity index (χ2v) is 7.39. The normalized spacial score (nSPS) is 15.7. The number of ether oxygens (including phenoxy) is 1. The van der Waals surface area contributed by atoms with Gasteiger partial charge in [0, 0.05) is 37.3 Å². The molecule has 0 spiro atoms. The Morgan fingerprint density at radius 2 is 1.97 bits per heavy atom. The third-order valence-electron chi connectivity index (χ3n) is 5.31. The SMILES string of the molecule is COc1cc(Nc2ccccn2)nc(N2CCC[C@H]2c2cc(-c3nccnc3C)no2)n1. The molecule has 0 saturated carbocycles. The summed E-state index contributed by atoms with van der Waals surface area (Å²) in [5.41, 5.74) is 2.19. The Balaban J connectivity index is 1.44. The third-order valence-corrected chi connectivity index (χ3v) is 5.31. The van der Waals surface area contributed by atoms with E-state index >= 15 is 0 Å². The summed E-state index contributed by atoms with van der Waals surface area (Å²) in [5.74, 6) is 3.06. The smallest absolute Gasteiger partial charge is 0.231 e. The lowest BCUT2D eigenvalue weighted by Crippen LogP contribution is -2.24. The lowest BCUT2D eigenvalue weighted by atomic mass is 10.1. The Bertz CT molecular complexity index is 1210. The minimum absolute atomic E-state index is 0.0389. The molecule has 0 radical (unpaired) electrons. The number of nitrogens with one attached hydrogen (secondary N) is 1. The first kappa shape index (κ1) is 19.9. The summed E-state index contributed by atoms with van der Waals surface area (Å²) in [5, 5.41) is 7.45. The van der Waals surface area contributed by atoms with E-state index in [9.17, 15) is 0 Å². The Morgan fingerprint density at radius 3 is 2.78 bits per heavy atom. The largest absolute Gasteiger partial charge is 0.481 e. The van der Waals surface area contributed by atoms with Crippen LogP contribution in [-0.4, -0.2) is 43.7 Å². The van der Waals surface area contributed by atoms with E-state index in [1.807, 2.05) is 31.2 Å². The van der Waals surface area contributed by atoms with Gasteiger partial charge in [-0.15, -0.1) is 0 Å². The molecule has 0 aliphatic carbocycles. The van der Waals surface area contributed by atoms with E-state index in [0.717, 1.165) is 30.8 Å². The van der Waals surface area contributed by atoms with Gasteiger partial charge in [0.2, 0.25) is 11.8 Å². The number of aryl methyl sites for hydroxylation is 1. The number of nitrogens with zero attached hydrogens (tertiary/aromatic N) is 7. The molecule has 1 atom stereocenters. The van der Waals surface area contributed by atoms with E-state index in [-0.39, 0.29) is 6.04 Å². The molecule has 5 heterocycles. The number of pyridine rings is 1. The van der Waals surface area contributed by atoms with Gasteiger partial charge in [-0.25, -0.2) is 4.98 Å². The van der Waals surface area contributed by atoms with Gasteiger partial charge in [-0.2, -0.15) is 9.97 Å². The quantitative estimate of drug-likeness (QED) is 0.485. The van der Waals surface area contributed by atoms with Crippen LogP contribution >= 0.6 is 0 Å². The van der Waals surface area contributed by atoms with Crippen molar-refractivity contribution in [1.82, 2.24) is 30.1 Å². The lowest BCUT2D eigenvalue weighted by Gasteiger charge is -2.23. The predicted octanol–water partition coefficient (Wildman–Crippen LogP) is 3.72. The average molecular weight is 430 g/mol. The van der Waals surface area contributed by atoms with Crippen LogP contribution in [0.15, 0.2) is 53.4 Å². The molecule has 4 aromatic heterocycles. The zero-order chi connectivity index (χ0) is 21.9. The molecule has 0 bridgehead atoms. The molecule has 10 nitrogen and oxygen atoms in total. The molecule has 4 aromatic rings. The molecular formula is C22H22N8O2. The fraction of sp³-hybridized carbons (Fsp3) is 0.273. The van der Waals surface area contributed by atoms with Gasteiger partial charge in [0.15, 0.2) is 5.76 Å². The van der Waals surface area contributed by atoms with Gasteiger partial charge in [0.1, 0.15) is 23.0 Å². The van der Waals surface area contributed by atoms with Crippen molar-refractivity contribution < 1.29 is 9.26 Å². The number of rotatable bonds is 6. The van der Waals surface area contributed by atoms with Gasteiger partial charge in [0.25, 0.3) is 0 Å². The van der Waals surface area contributed by atoms with E-state index in [4.69, 9.17) is 14.2 Å². The van der Waals surface area contributed by atoms with Crippen LogP contribution in [0, 0.1) is 6.92 Å². The van der Waals surface area contributed by atoms with Crippen LogP contribution in [0.2, 0.25) is 0 Å². The zero-order valence-corrected chi connectivity index (χ0v) is 17.8. The molecule has 1 N–H and O–H groups in total. The van der Waals surface area contributed by atoms with Gasteiger partial charge < -0.3 is 19.5 Å². The summed E-state index contributed by atoms with van der Waals surface area (Å²) in [4.78, 5) is 24.4. The van der Waals surface area contributed by atoms with Gasteiger partial charge in [-0.1, -0.05) is 11.2 Å². The van der Waals surface area contributed by atoms with Crippen LogP contribution in [0.3, 0.4) is 0 Å². The Hall–Kier alpha value is -4.08. The first-order valence-electron chi connectivity index (χ1n) is 10.3. The van der Waals surface area contributed by atoms with Crippen LogP contribution < -0.4 is 15.0 Å². The van der Waals surface area contributed by atoms with Crippen molar-refractivity contribution >= 4 is 17.6 Å². The van der Waals surface area contributed by atoms with Crippen LogP contribution in [0.25, 0.3) is 11.4 Å². The van der Waals surface area contributed by atoms with Crippen molar-refractivity contribution in [3.8, 4) is 17.3 Å². The fourth-order valence-electron chi connectivity index (χ4n) is 3.80. The lowest BCUT2D eigenvalue weighted by molar-refractivity contribution is 0.361. The fourth-order valence-corrected chi connectivity index (χ4v) is 3.80. The molecule has 1 aliphatic rings. The standard InChI is InChI=1S/C22H22N8O2/c1-14-21(25-10-9-23-14)15-12-17(32-29-15)16-6-5-11-30(16)22-27-19(13-20(28-22)31-2)26-18-7-3-4-8-24-18/h3-4,7-10,12-13,16H,5-6,11H2,1-2H3,(H,24,26,27,28)/t16-/m0/s1. The highest BCUT2D eigenvalue weighted by atomic mass is 16.5. The summed E-state index contributed by atoms with van der Waals surface area (Å²) in [7, 11) is 1.59. The molecular weight excluding hydrogens is 408 g/mol. The average Bonchev–Trinajstić information content (AvgIpc) is 3.49. The Morgan fingerprint density at radius 1 is 1.06 bits per heavy atom.